The van der Waals surface area contributed by atoms with Gasteiger partial charge < -0.3 is 20.1 Å². The number of nitrogens with zero attached hydrogens (tertiary/aromatic N) is 5. The van der Waals surface area contributed by atoms with Gasteiger partial charge in [-0.05, 0) is 54.9 Å². The van der Waals surface area contributed by atoms with Crippen LogP contribution in [0.4, 0.5) is 39.8 Å². The molecule has 0 spiro atoms. The van der Waals surface area contributed by atoms with Gasteiger partial charge in [0.15, 0.2) is 11.6 Å². The molecular formula is C28H31ClF4N6O3. The van der Waals surface area contributed by atoms with Crippen LogP contribution in [0.5, 0.6) is 5.75 Å². The molecule has 0 aliphatic carbocycles. The first-order valence-corrected chi connectivity index (χ1v) is 13.7. The highest BCUT2D eigenvalue weighted by molar-refractivity contribution is 6.31. The molecule has 2 aromatic carbocycles. The first-order chi connectivity index (χ1) is 20.0. The van der Waals surface area contributed by atoms with E-state index >= 15 is 0 Å². The number of hydrogen-bond donors (Lipinski definition) is 2. The standard InChI is InChI=1S/C28H31ClF4N6O3/c1-2-9-37-10-12-38(13-11-37)14-15-42-24-6-4-21(17-23(24)30)35-26-34-8-7-25(36-26)39(27(40)41)18-19-16-20(28(31,32)33)3-5-22(19)29/h3-8,16-17H,2,9-15,18H2,1H3,(H,40,41)(H,34,35,36). The molecule has 1 aliphatic rings. The van der Waals surface area contributed by atoms with Gasteiger partial charge in [0.25, 0.3) is 0 Å². The minimum atomic E-state index is -4.63. The number of hydrogen-bond acceptors (Lipinski definition) is 7. The number of ether oxygens (including phenoxy) is 1. The van der Waals surface area contributed by atoms with E-state index in [0.29, 0.717) is 13.2 Å². The number of piperazine rings is 1. The Kier molecular flexibility index (Phi) is 10.4. The van der Waals surface area contributed by atoms with E-state index in [1.807, 2.05) is 0 Å². The summed E-state index contributed by atoms with van der Waals surface area (Å²) in [5, 5.41) is 12.5. The normalized spacial score (nSPS) is 14.5. The lowest BCUT2D eigenvalue weighted by Gasteiger charge is -2.34. The van der Waals surface area contributed by atoms with Crippen molar-refractivity contribution in [2.75, 3.05) is 56.1 Å². The zero-order chi connectivity index (χ0) is 30.3. The van der Waals surface area contributed by atoms with Crippen LogP contribution in [0.1, 0.15) is 24.5 Å². The Morgan fingerprint density at radius 1 is 1.10 bits per heavy atom. The minimum Gasteiger partial charge on any atom is -0.489 e. The van der Waals surface area contributed by atoms with Crippen molar-refractivity contribution in [3.63, 3.8) is 0 Å². The Hall–Kier alpha value is -3.68. The van der Waals surface area contributed by atoms with Gasteiger partial charge in [0, 0.05) is 55.7 Å². The molecule has 1 aromatic heterocycles. The largest absolute Gasteiger partial charge is 0.489 e. The maximum Gasteiger partial charge on any atom is 0.416 e. The number of carbonyl (C=O) groups is 1. The minimum absolute atomic E-state index is 0.0333. The molecule has 3 aromatic rings. The lowest BCUT2D eigenvalue weighted by atomic mass is 10.1. The van der Waals surface area contributed by atoms with E-state index in [4.69, 9.17) is 16.3 Å². The van der Waals surface area contributed by atoms with Gasteiger partial charge in [-0.2, -0.15) is 18.2 Å². The molecule has 0 saturated carbocycles. The summed E-state index contributed by atoms with van der Waals surface area (Å²) in [5.74, 6) is -0.682. The molecule has 4 rings (SSSR count). The molecule has 0 bridgehead atoms. The van der Waals surface area contributed by atoms with E-state index in [1.54, 1.807) is 6.07 Å². The SMILES string of the molecule is CCCN1CCN(CCOc2ccc(Nc3nccc(N(Cc4cc(C(F)(F)F)ccc4Cl)C(=O)O)n3)cc2F)CC1. The zero-order valence-electron chi connectivity index (χ0n) is 22.9. The fraction of sp³-hybridized carbons (Fsp3) is 0.393. The van der Waals surface area contributed by atoms with Gasteiger partial charge in [-0.3, -0.25) is 9.80 Å². The van der Waals surface area contributed by atoms with Crippen LogP contribution >= 0.6 is 11.6 Å². The van der Waals surface area contributed by atoms with Crippen LogP contribution in [-0.4, -0.2) is 76.8 Å². The Bertz CT molecular complexity index is 1370. The van der Waals surface area contributed by atoms with Crippen LogP contribution in [0.2, 0.25) is 5.02 Å². The van der Waals surface area contributed by atoms with Crippen LogP contribution in [0.15, 0.2) is 48.7 Å². The number of anilines is 3. The van der Waals surface area contributed by atoms with Crippen molar-refractivity contribution in [3.8, 4) is 5.75 Å². The number of halogens is 5. The molecule has 1 amide bonds. The van der Waals surface area contributed by atoms with E-state index in [0.717, 1.165) is 62.2 Å². The third-order valence-electron chi connectivity index (χ3n) is 6.71. The molecule has 42 heavy (non-hydrogen) atoms. The number of nitrogens with one attached hydrogen (secondary N) is 1. The molecule has 0 radical (unpaired) electrons. The van der Waals surface area contributed by atoms with Crippen LogP contribution in [0.25, 0.3) is 0 Å². The van der Waals surface area contributed by atoms with E-state index in [2.05, 4.69) is 32.0 Å². The summed E-state index contributed by atoms with van der Waals surface area (Å²) >= 11 is 6.05. The Morgan fingerprint density at radius 2 is 1.81 bits per heavy atom. The van der Waals surface area contributed by atoms with Crippen molar-refractivity contribution in [1.29, 1.82) is 0 Å². The van der Waals surface area contributed by atoms with Gasteiger partial charge in [-0.1, -0.05) is 18.5 Å². The Balaban J connectivity index is 1.38. The lowest BCUT2D eigenvalue weighted by molar-refractivity contribution is -0.137. The average Bonchev–Trinajstić information content (AvgIpc) is 2.94. The highest BCUT2D eigenvalue weighted by Gasteiger charge is 2.31. The van der Waals surface area contributed by atoms with Crippen molar-refractivity contribution < 1.29 is 32.2 Å². The second kappa shape index (κ2) is 14.0. The number of alkyl halides is 3. The van der Waals surface area contributed by atoms with Crippen molar-refractivity contribution >= 4 is 35.1 Å². The van der Waals surface area contributed by atoms with Crippen LogP contribution in [0, 0.1) is 5.82 Å². The molecule has 226 valence electrons. The number of rotatable bonds is 11. The Labute approximate surface area is 245 Å². The second-order valence-corrected chi connectivity index (χ2v) is 10.1. The first kappa shape index (κ1) is 31.3. The summed E-state index contributed by atoms with van der Waals surface area (Å²) in [6.45, 7) is 7.69. The van der Waals surface area contributed by atoms with Gasteiger partial charge in [0.05, 0.1) is 12.1 Å². The fourth-order valence-corrected chi connectivity index (χ4v) is 4.69. The summed E-state index contributed by atoms with van der Waals surface area (Å²) in [7, 11) is 0. The summed E-state index contributed by atoms with van der Waals surface area (Å²) in [6, 6.07) is 8.18. The summed E-state index contributed by atoms with van der Waals surface area (Å²) in [6.07, 6.45) is -3.70. The molecule has 1 aliphatic heterocycles. The molecule has 9 nitrogen and oxygen atoms in total. The predicted molar refractivity (Wildman–Crippen MR) is 151 cm³/mol. The molecule has 1 fully saturated rings. The molecular weight excluding hydrogens is 580 g/mol. The smallest absolute Gasteiger partial charge is 0.416 e. The Morgan fingerprint density at radius 3 is 2.45 bits per heavy atom. The van der Waals surface area contributed by atoms with Crippen molar-refractivity contribution in [1.82, 2.24) is 19.8 Å². The van der Waals surface area contributed by atoms with Crippen LogP contribution in [-0.2, 0) is 12.7 Å². The van der Waals surface area contributed by atoms with Crippen molar-refractivity contribution in [2.24, 2.45) is 0 Å². The monoisotopic (exact) mass is 610 g/mol. The van der Waals surface area contributed by atoms with Crippen molar-refractivity contribution in [3.05, 3.63) is 70.6 Å². The van der Waals surface area contributed by atoms with E-state index in [1.165, 1.54) is 24.4 Å². The van der Waals surface area contributed by atoms with Crippen LogP contribution < -0.4 is 15.0 Å². The summed E-state index contributed by atoms with van der Waals surface area (Å²) in [4.78, 5) is 25.6. The highest BCUT2D eigenvalue weighted by atomic mass is 35.5. The molecule has 0 atom stereocenters. The van der Waals surface area contributed by atoms with Crippen molar-refractivity contribution in [2.45, 2.75) is 26.1 Å². The predicted octanol–water partition coefficient (Wildman–Crippen LogP) is 6.12. The summed E-state index contributed by atoms with van der Waals surface area (Å²) < 4.78 is 59.9. The molecule has 2 N–H and O–H groups in total. The van der Waals surface area contributed by atoms with Gasteiger partial charge in [-0.25, -0.2) is 14.2 Å². The molecule has 14 heteroatoms. The fourth-order valence-electron chi connectivity index (χ4n) is 4.51. The third-order valence-corrected chi connectivity index (χ3v) is 7.08. The lowest BCUT2D eigenvalue weighted by Crippen LogP contribution is -2.47. The van der Waals surface area contributed by atoms with Gasteiger partial charge in [0.2, 0.25) is 5.95 Å². The van der Waals surface area contributed by atoms with Crippen LogP contribution in [0.3, 0.4) is 0 Å². The summed E-state index contributed by atoms with van der Waals surface area (Å²) in [5.41, 5.74) is -0.734. The van der Waals surface area contributed by atoms with E-state index in [9.17, 15) is 27.5 Å². The number of carboxylic acid groups (broad SMARTS) is 1. The van der Waals surface area contributed by atoms with Gasteiger partial charge in [0.1, 0.15) is 12.4 Å². The molecule has 2 heterocycles. The maximum atomic E-state index is 14.8. The molecule has 1 saturated heterocycles. The number of aromatic nitrogens is 2. The maximum absolute atomic E-state index is 14.8. The van der Waals surface area contributed by atoms with E-state index < -0.39 is 30.2 Å². The third kappa shape index (κ3) is 8.43. The number of benzene rings is 2. The van der Waals surface area contributed by atoms with Gasteiger partial charge in [-0.15, -0.1) is 0 Å². The topological polar surface area (TPSA) is 94.1 Å². The highest BCUT2D eigenvalue weighted by Crippen LogP contribution is 2.33. The molecule has 0 unspecified atom stereocenters. The second-order valence-electron chi connectivity index (χ2n) is 9.71. The quantitative estimate of drug-likeness (QED) is 0.251. The van der Waals surface area contributed by atoms with Gasteiger partial charge >= 0.3 is 12.3 Å². The average molecular weight is 611 g/mol. The number of amides is 1. The first-order valence-electron chi connectivity index (χ1n) is 13.4. The zero-order valence-corrected chi connectivity index (χ0v) is 23.6. The van der Waals surface area contributed by atoms with E-state index in [-0.39, 0.29) is 33.8 Å².